The summed E-state index contributed by atoms with van der Waals surface area (Å²) in [6.07, 6.45) is 7.81. The van der Waals surface area contributed by atoms with E-state index in [4.69, 9.17) is 16.3 Å². The summed E-state index contributed by atoms with van der Waals surface area (Å²) >= 11 is 6.86. The number of aliphatic hydroxyl groups is 1. The zero-order chi connectivity index (χ0) is 25.9. The molecular weight excluding hydrogens is 476 g/mol. The highest BCUT2D eigenvalue weighted by Gasteiger charge is 2.24. The Labute approximate surface area is 216 Å². The predicted molar refractivity (Wildman–Crippen MR) is 143 cm³/mol. The average Bonchev–Trinajstić information content (AvgIpc) is 3.42. The van der Waals surface area contributed by atoms with Crippen molar-refractivity contribution in [2.75, 3.05) is 27.2 Å². The van der Waals surface area contributed by atoms with E-state index in [-0.39, 0.29) is 0 Å². The molecule has 0 bridgehead atoms. The number of aryl methyl sites for hydroxylation is 1. The monoisotopic (exact) mass is 508 g/mol. The molecule has 0 spiro atoms. The van der Waals surface area contributed by atoms with Crippen molar-refractivity contribution in [3.63, 3.8) is 0 Å². The van der Waals surface area contributed by atoms with Crippen molar-refractivity contribution in [1.29, 1.82) is 0 Å². The number of hydrogen-bond acceptors (Lipinski definition) is 6. The molecule has 0 aliphatic carbocycles. The van der Waals surface area contributed by atoms with Crippen molar-refractivity contribution in [3.8, 4) is 39.5 Å². The molecule has 9 heteroatoms. The molecule has 4 rings (SSSR count). The number of aromatic amines is 1. The number of nitrogens with zero attached hydrogens (tertiary/aromatic N) is 5. The van der Waals surface area contributed by atoms with Gasteiger partial charge in [0.25, 0.3) is 0 Å². The van der Waals surface area contributed by atoms with Crippen LogP contribution in [0.2, 0.25) is 5.02 Å². The van der Waals surface area contributed by atoms with Crippen LogP contribution < -0.4 is 4.74 Å². The Morgan fingerprint density at radius 1 is 1.11 bits per heavy atom. The first-order valence-electron chi connectivity index (χ1n) is 12.0. The second-order valence-corrected chi connectivity index (χ2v) is 10.1. The molecule has 3 aromatic heterocycles. The molecule has 190 valence electrons. The minimum atomic E-state index is -0.766. The summed E-state index contributed by atoms with van der Waals surface area (Å²) in [5.41, 5.74) is 4.56. The minimum absolute atomic E-state index is 0.534. The first-order valence-corrected chi connectivity index (χ1v) is 12.3. The lowest BCUT2D eigenvalue weighted by molar-refractivity contribution is 0.0649. The summed E-state index contributed by atoms with van der Waals surface area (Å²) in [5.74, 6) is 1.22. The van der Waals surface area contributed by atoms with E-state index in [1.807, 2.05) is 56.3 Å². The molecular formula is C27H33ClN6O2. The molecule has 0 aliphatic heterocycles. The van der Waals surface area contributed by atoms with Crippen molar-refractivity contribution < 1.29 is 9.84 Å². The van der Waals surface area contributed by atoms with E-state index in [0.29, 0.717) is 36.2 Å². The van der Waals surface area contributed by atoms with E-state index < -0.39 is 5.60 Å². The Balaban J connectivity index is 1.78. The molecule has 0 unspecified atom stereocenters. The largest absolute Gasteiger partial charge is 0.491 e. The molecule has 3 heterocycles. The van der Waals surface area contributed by atoms with Crippen LogP contribution in [0.15, 0.2) is 49.1 Å². The molecule has 2 N–H and O–H groups in total. The van der Waals surface area contributed by atoms with Crippen LogP contribution in [0.5, 0.6) is 5.75 Å². The van der Waals surface area contributed by atoms with Crippen molar-refractivity contribution in [3.05, 3.63) is 59.8 Å². The maximum absolute atomic E-state index is 10.2. The van der Waals surface area contributed by atoms with Gasteiger partial charge in [-0.25, -0.2) is 9.97 Å². The summed E-state index contributed by atoms with van der Waals surface area (Å²) in [6, 6.07) is 7.58. The fourth-order valence-electron chi connectivity index (χ4n) is 3.97. The third kappa shape index (κ3) is 5.78. The molecule has 0 amide bonds. The van der Waals surface area contributed by atoms with E-state index >= 15 is 0 Å². The fourth-order valence-corrected chi connectivity index (χ4v) is 4.26. The molecule has 0 saturated carbocycles. The van der Waals surface area contributed by atoms with Crippen LogP contribution in [0, 0.1) is 6.92 Å². The molecule has 36 heavy (non-hydrogen) atoms. The Morgan fingerprint density at radius 2 is 1.86 bits per heavy atom. The lowest BCUT2D eigenvalue weighted by Crippen LogP contribution is -2.21. The predicted octanol–water partition coefficient (Wildman–Crippen LogP) is 5.07. The summed E-state index contributed by atoms with van der Waals surface area (Å²) < 4.78 is 7.89. The average molecular weight is 509 g/mol. The number of halogens is 1. The second-order valence-electron chi connectivity index (χ2n) is 9.72. The third-order valence-corrected chi connectivity index (χ3v) is 6.42. The van der Waals surface area contributed by atoms with Gasteiger partial charge in [0, 0.05) is 54.1 Å². The lowest BCUT2D eigenvalue weighted by atomic mass is 9.99. The van der Waals surface area contributed by atoms with Gasteiger partial charge in [-0.05, 0) is 53.4 Å². The third-order valence-electron chi connectivity index (χ3n) is 6.03. The molecule has 0 aliphatic rings. The first kappa shape index (κ1) is 25.9. The Kier molecular flexibility index (Phi) is 7.78. The Bertz CT molecular complexity index is 1310. The van der Waals surface area contributed by atoms with Gasteiger partial charge < -0.3 is 19.7 Å². The van der Waals surface area contributed by atoms with Gasteiger partial charge in [-0.1, -0.05) is 23.7 Å². The second kappa shape index (κ2) is 10.8. The van der Waals surface area contributed by atoms with Gasteiger partial charge in [-0.15, -0.1) is 0 Å². The highest BCUT2D eigenvalue weighted by molar-refractivity contribution is 6.35. The number of benzene rings is 1. The molecule has 0 radical (unpaired) electrons. The smallest absolute Gasteiger partial charge is 0.161 e. The van der Waals surface area contributed by atoms with Gasteiger partial charge >= 0.3 is 0 Å². The SMILES string of the molecule is Cc1c(-c2[nH]cc(-c3cccc(OCCN(C)C)c3Cl)c2-c2ncccn2)cnn1CCC(C)(C)O. The molecule has 0 saturated heterocycles. The van der Waals surface area contributed by atoms with Crippen LogP contribution >= 0.6 is 11.6 Å². The van der Waals surface area contributed by atoms with E-state index in [0.717, 1.165) is 40.2 Å². The maximum atomic E-state index is 10.2. The van der Waals surface area contributed by atoms with Crippen molar-refractivity contribution in [1.82, 2.24) is 29.6 Å². The normalized spacial score (nSPS) is 11.9. The van der Waals surface area contributed by atoms with E-state index in [1.54, 1.807) is 32.3 Å². The number of ether oxygens (including phenoxy) is 1. The van der Waals surface area contributed by atoms with Gasteiger partial charge in [0.2, 0.25) is 0 Å². The fraction of sp³-hybridized carbons (Fsp3) is 0.370. The van der Waals surface area contributed by atoms with Gasteiger partial charge in [0.1, 0.15) is 12.4 Å². The molecule has 0 atom stereocenters. The zero-order valence-corrected chi connectivity index (χ0v) is 22.2. The molecule has 0 fully saturated rings. The van der Waals surface area contributed by atoms with Crippen LogP contribution in [0.1, 0.15) is 26.0 Å². The van der Waals surface area contributed by atoms with Crippen molar-refractivity contribution in [2.45, 2.75) is 39.3 Å². The van der Waals surface area contributed by atoms with Crippen molar-refractivity contribution in [2.24, 2.45) is 0 Å². The van der Waals surface area contributed by atoms with Crippen LogP contribution in [0.25, 0.3) is 33.8 Å². The highest BCUT2D eigenvalue weighted by Crippen LogP contribution is 2.43. The van der Waals surface area contributed by atoms with E-state index in [9.17, 15) is 5.11 Å². The molecule has 1 aromatic carbocycles. The van der Waals surface area contributed by atoms with E-state index in [2.05, 4.69) is 25.0 Å². The number of H-pyrrole nitrogens is 1. The van der Waals surface area contributed by atoms with Crippen LogP contribution in [0.4, 0.5) is 0 Å². The topological polar surface area (TPSA) is 92.1 Å². The maximum Gasteiger partial charge on any atom is 0.161 e. The summed E-state index contributed by atoms with van der Waals surface area (Å²) in [4.78, 5) is 14.6. The van der Waals surface area contributed by atoms with Gasteiger partial charge in [0.15, 0.2) is 5.82 Å². The minimum Gasteiger partial charge on any atom is -0.491 e. The number of likely N-dealkylation sites (N-methyl/N-ethyl adjacent to an activating group) is 1. The summed E-state index contributed by atoms with van der Waals surface area (Å²) in [5, 5.41) is 15.3. The summed E-state index contributed by atoms with van der Waals surface area (Å²) in [7, 11) is 4.01. The van der Waals surface area contributed by atoms with Crippen molar-refractivity contribution >= 4 is 11.6 Å². The lowest BCUT2D eigenvalue weighted by Gasteiger charge is -2.17. The number of rotatable bonds is 10. The first-order chi connectivity index (χ1) is 17.2. The Morgan fingerprint density at radius 3 is 2.56 bits per heavy atom. The standard InChI is InChI=1S/C27H33ClN6O2/c1-18-20(17-32-34(18)13-10-27(2,3)35)25-23(26-29-11-7-12-30-26)21(16-31-25)19-8-6-9-22(24(19)28)36-15-14-33(4)5/h6-9,11-12,16-17,31,35H,10,13-15H2,1-5H3. The molecule has 8 nitrogen and oxygen atoms in total. The molecule has 4 aromatic rings. The number of hydrogen-bond donors (Lipinski definition) is 2. The van der Waals surface area contributed by atoms with Gasteiger partial charge in [-0.3, -0.25) is 4.68 Å². The van der Waals surface area contributed by atoms with E-state index in [1.165, 1.54) is 0 Å². The van der Waals surface area contributed by atoms with Crippen LogP contribution in [-0.2, 0) is 6.54 Å². The quantitative estimate of drug-likeness (QED) is 0.311. The van der Waals surface area contributed by atoms with Gasteiger partial charge in [0.05, 0.1) is 28.1 Å². The highest BCUT2D eigenvalue weighted by atomic mass is 35.5. The van der Waals surface area contributed by atoms with Crippen LogP contribution in [0.3, 0.4) is 0 Å². The summed E-state index contributed by atoms with van der Waals surface area (Å²) in [6.45, 7) is 7.56. The van der Waals surface area contributed by atoms with Gasteiger partial charge in [-0.2, -0.15) is 5.10 Å². The zero-order valence-electron chi connectivity index (χ0n) is 21.4. The number of nitrogens with one attached hydrogen (secondary N) is 1. The van der Waals surface area contributed by atoms with Crippen LogP contribution in [-0.4, -0.2) is 67.6 Å². The Hall–Kier alpha value is -3.20. The number of aromatic nitrogens is 5.